The van der Waals surface area contributed by atoms with Gasteiger partial charge in [0.25, 0.3) is 0 Å². The minimum absolute atomic E-state index is 0.233. The van der Waals surface area contributed by atoms with Crippen LogP contribution < -0.4 is 15.4 Å². The van der Waals surface area contributed by atoms with Crippen LogP contribution in [0.2, 0.25) is 0 Å². The SMILES string of the molecule is CCc1ccccc1NC(=S)Nc1ccc(S(=O)(=O)NC23CC4CC(CC(C4)C2)C3)cc1. The summed E-state index contributed by atoms with van der Waals surface area (Å²) >= 11 is 5.45. The molecule has 0 radical (unpaired) electrons. The Kier molecular flexibility index (Phi) is 5.76. The third-order valence-electron chi connectivity index (χ3n) is 7.46. The summed E-state index contributed by atoms with van der Waals surface area (Å²) < 4.78 is 29.5. The van der Waals surface area contributed by atoms with E-state index in [1.54, 1.807) is 24.3 Å². The van der Waals surface area contributed by atoms with Crippen molar-refractivity contribution in [2.75, 3.05) is 10.6 Å². The Morgan fingerprint density at radius 3 is 2.12 bits per heavy atom. The summed E-state index contributed by atoms with van der Waals surface area (Å²) in [7, 11) is -3.55. The lowest BCUT2D eigenvalue weighted by Gasteiger charge is -2.56. The molecule has 0 spiro atoms. The maximum atomic E-state index is 13.2. The molecule has 0 saturated heterocycles. The van der Waals surface area contributed by atoms with E-state index in [2.05, 4.69) is 28.3 Å². The predicted molar refractivity (Wildman–Crippen MR) is 133 cm³/mol. The molecular weight excluding hydrogens is 438 g/mol. The predicted octanol–water partition coefficient (Wildman–Crippen LogP) is 5.31. The van der Waals surface area contributed by atoms with Crippen LogP contribution in [0.4, 0.5) is 11.4 Å². The van der Waals surface area contributed by atoms with Gasteiger partial charge in [-0.1, -0.05) is 25.1 Å². The molecule has 4 aliphatic rings. The molecule has 0 amide bonds. The molecule has 2 aromatic carbocycles. The van der Waals surface area contributed by atoms with Gasteiger partial charge in [-0.15, -0.1) is 0 Å². The van der Waals surface area contributed by atoms with E-state index < -0.39 is 10.0 Å². The Bertz CT molecular complexity index is 1080. The molecular formula is C25H31N3O2S2. The van der Waals surface area contributed by atoms with Crippen molar-refractivity contribution in [2.45, 2.75) is 62.3 Å². The number of rotatable bonds is 6. The minimum atomic E-state index is -3.55. The van der Waals surface area contributed by atoms with Gasteiger partial charge in [0, 0.05) is 16.9 Å². The summed E-state index contributed by atoms with van der Waals surface area (Å²) in [6.07, 6.45) is 7.77. The number of sulfonamides is 1. The average Bonchev–Trinajstić information content (AvgIpc) is 2.72. The Hall–Kier alpha value is -1.96. The fraction of sp³-hybridized carbons (Fsp3) is 0.480. The summed E-state index contributed by atoms with van der Waals surface area (Å²) in [6.45, 7) is 2.10. The molecule has 3 N–H and O–H groups in total. The Balaban J connectivity index is 1.24. The van der Waals surface area contributed by atoms with Crippen molar-refractivity contribution in [3.63, 3.8) is 0 Å². The third kappa shape index (κ3) is 4.43. The maximum absolute atomic E-state index is 13.2. The number of thiocarbonyl (C=S) groups is 1. The average molecular weight is 470 g/mol. The van der Waals surface area contributed by atoms with E-state index in [1.807, 2.05) is 18.2 Å². The van der Waals surface area contributed by atoms with Crippen LogP contribution in [0.5, 0.6) is 0 Å². The summed E-state index contributed by atoms with van der Waals surface area (Å²) in [5.74, 6) is 2.09. The first-order valence-electron chi connectivity index (χ1n) is 11.6. The number of para-hydroxylation sites is 1. The first-order valence-corrected chi connectivity index (χ1v) is 13.5. The van der Waals surface area contributed by atoms with Gasteiger partial charge in [0.15, 0.2) is 5.11 Å². The van der Waals surface area contributed by atoms with Gasteiger partial charge in [0.2, 0.25) is 10.0 Å². The summed E-state index contributed by atoms with van der Waals surface area (Å²) in [4.78, 5) is 0.314. The van der Waals surface area contributed by atoms with Crippen molar-refractivity contribution in [2.24, 2.45) is 17.8 Å². The van der Waals surface area contributed by atoms with Gasteiger partial charge in [-0.25, -0.2) is 13.1 Å². The second-order valence-corrected chi connectivity index (χ2v) is 12.0. The number of anilines is 2. The van der Waals surface area contributed by atoms with Gasteiger partial charge in [0.1, 0.15) is 0 Å². The molecule has 0 atom stereocenters. The van der Waals surface area contributed by atoms with Crippen LogP contribution in [-0.2, 0) is 16.4 Å². The van der Waals surface area contributed by atoms with Crippen LogP contribution in [0.15, 0.2) is 53.4 Å². The van der Waals surface area contributed by atoms with Crippen LogP contribution in [0.1, 0.15) is 51.0 Å². The van der Waals surface area contributed by atoms with E-state index in [4.69, 9.17) is 12.2 Å². The summed E-state index contributed by atoms with van der Waals surface area (Å²) in [5.41, 5.74) is 2.69. The normalized spacial score (nSPS) is 28.5. The van der Waals surface area contributed by atoms with E-state index in [0.717, 1.165) is 37.1 Å². The van der Waals surface area contributed by atoms with Crippen LogP contribution in [-0.4, -0.2) is 19.1 Å². The zero-order valence-electron chi connectivity index (χ0n) is 18.4. The quantitative estimate of drug-likeness (QED) is 0.501. The second-order valence-electron chi connectivity index (χ2n) is 9.92. The molecule has 170 valence electrons. The maximum Gasteiger partial charge on any atom is 0.241 e. The number of benzene rings is 2. The lowest BCUT2D eigenvalue weighted by Crippen LogP contribution is -2.59. The molecule has 0 aliphatic heterocycles. The Morgan fingerprint density at radius 2 is 1.53 bits per heavy atom. The molecule has 7 heteroatoms. The third-order valence-corrected chi connectivity index (χ3v) is 9.26. The number of nitrogens with one attached hydrogen (secondary N) is 3. The minimum Gasteiger partial charge on any atom is -0.332 e. The van der Waals surface area contributed by atoms with Crippen LogP contribution >= 0.6 is 12.2 Å². The number of hydrogen-bond donors (Lipinski definition) is 3. The fourth-order valence-electron chi connectivity index (χ4n) is 6.53. The van der Waals surface area contributed by atoms with Gasteiger partial charge >= 0.3 is 0 Å². The number of hydrogen-bond acceptors (Lipinski definition) is 3. The second kappa shape index (κ2) is 8.43. The van der Waals surface area contributed by atoms with E-state index in [1.165, 1.54) is 24.8 Å². The van der Waals surface area contributed by atoms with Crippen molar-refractivity contribution in [3.05, 3.63) is 54.1 Å². The van der Waals surface area contributed by atoms with Crippen molar-refractivity contribution < 1.29 is 8.42 Å². The van der Waals surface area contributed by atoms with Gasteiger partial charge in [-0.3, -0.25) is 0 Å². The van der Waals surface area contributed by atoms with E-state index >= 15 is 0 Å². The molecule has 0 unspecified atom stereocenters. The molecule has 0 aromatic heterocycles. The standard InChI is InChI=1S/C25H31N3O2S2/c1-2-20-5-3-4-6-23(20)27-24(31)26-21-7-9-22(10-8-21)32(29,30)28-25-14-17-11-18(15-25)13-19(12-17)16-25/h3-10,17-19,28H,2,11-16H2,1H3,(H2,26,27,31). The zero-order chi connectivity index (χ0) is 22.3. The molecule has 4 bridgehead atoms. The fourth-order valence-corrected chi connectivity index (χ4v) is 8.19. The van der Waals surface area contributed by atoms with Crippen LogP contribution in [0.25, 0.3) is 0 Å². The highest BCUT2D eigenvalue weighted by Crippen LogP contribution is 2.55. The molecule has 6 rings (SSSR count). The monoisotopic (exact) mass is 469 g/mol. The van der Waals surface area contributed by atoms with Gasteiger partial charge in [-0.2, -0.15) is 0 Å². The highest BCUT2D eigenvalue weighted by Gasteiger charge is 2.52. The van der Waals surface area contributed by atoms with Gasteiger partial charge in [0.05, 0.1) is 4.90 Å². The summed E-state index contributed by atoms with van der Waals surface area (Å²) in [6, 6.07) is 14.9. The van der Waals surface area contributed by atoms with Crippen molar-refractivity contribution in [1.29, 1.82) is 0 Å². The van der Waals surface area contributed by atoms with Crippen molar-refractivity contribution >= 4 is 38.7 Å². The molecule has 32 heavy (non-hydrogen) atoms. The van der Waals surface area contributed by atoms with Crippen molar-refractivity contribution in [3.8, 4) is 0 Å². The smallest absolute Gasteiger partial charge is 0.241 e. The first kappa shape index (κ1) is 21.9. The topological polar surface area (TPSA) is 70.2 Å². The molecule has 4 fully saturated rings. The molecule has 4 saturated carbocycles. The Labute approximate surface area is 196 Å². The first-order chi connectivity index (χ1) is 15.3. The van der Waals surface area contributed by atoms with E-state index in [-0.39, 0.29) is 5.54 Å². The molecule has 4 aliphatic carbocycles. The molecule has 5 nitrogen and oxygen atoms in total. The molecule has 0 heterocycles. The van der Waals surface area contributed by atoms with Crippen LogP contribution in [0.3, 0.4) is 0 Å². The zero-order valence-corrected chi connectivity index (χ0v) is 20.1. The van der Waals surface area contributed by atoms with Gasteiger partial charge < -0.3 is 10.6 Å². The Morgan fingerprint density at radius 1 is 0.938 bits per heavy atom. The lowest BCUT2D eigenvalue weighted by molar-refractivity contribution is -0.00810. The molecule has 2 aromatic rings. The van der Waals surface area contributed by atoms with E-state index in [9.17, 15) is 8.42 Å². The van der Waals surface area contributed by atoms with E-state index in [0.29, 0.717) is 27.8 Å². The van der Waals surface area contributed by atoms with Crippen molar-refractivity contribution in [1.82, 2.24) is 4.72 Å². The van der Waals surface area contributed by atoms with Crippen LogP contribution in [0, 0.1) is 17.8 Å². The highest BCUT2D eigenvalue weighted by atomic mass is 32.2. The summed E-state index contributed by atoms with van der Waals surface area (Å²) in [5, 5.41) is 6.86. The highest BCUT2D eigenvalue weighted by molar-refractivity contribution is 7.89. The van der Waals surface area contributed by atoms with Gasteiger partial charge in [-0.05, 0) is 111 Å². The lowest BCUT2D eigenvalue weighted by atomic mass is 9.53. The largest absolute Gasteiger partial charge is 0.332 e. The number of aryl methyl sites for hydroxylation is 1.